The molecule has 0 aliphatic heterocycles. The molecule has 4 aromatic rings. The van der Waals surface area contributed by atoms with Gasteiger partial charge in [-0.3, -0.25) is 13.3 Å². The van der Waals surface area contributed by atoms with Gasteiger partial charge in [-0.1, -0.05) is 11.6 Å². The summed E-state index contributed by atoms with van der Waals surface area (Å²) in [6, 6.07) is 12.0. The van der Waals surface area contributed by atoms with Crippen LogP contribution in [0.15, 0.2) is 57.4 Å². The molecule has 1 atom stereocenters. The van der Waals surface area contributed by atoms with E-state index in [0.29, 0.717) is 27.7 Å². The second kappa shape index (κ2) is 11.3. The Morgan fingerprint density at radius 1 is 1.23 bits per heavy atom. The molecule has 8 nitrogen and oxygen atoms in total. The molecular formula is C28H22BrClFN2O6S-. The minimum atomic E-state index is -2.74. The largest absolute Gasteiger partial charge is 0.755 e. The van der Waals surface area contributed by atoms with Crippen LogP contribution in [0.3, 0.4) is 0 Å². The molecule has 12 heteroatoms. The first kappa shape index (κ1) is 28.3. The molecule has 1 aliphatic rings. The highest BCUT2D eigenvalue weighted by molar-refractivity contribution is 9.10. The summed E-state index contributed by atoms with van der Waals surface area (Å²) < 4.78 is 50.8. The molecule has 1 aliphatic carbocycles. The number of furan rings is 1. The summed E-state index contributed by atoms with van der Waals surface area (Å²) in [5.74, 6) is -1.01. The lowest BCUT2D eigenvalue weighted by Crippen LogP contribution is -2.26. The molecule has 1 aromatic heterocycles. The second-order valence-electron chi connectivity index (χ2n) is 9.25. The Hall–Kier alpha value is -3.25. The van der Waals surface area contributed by atoms with Gasteiger partial charge in [0, 0.05) is 29.3 Å². The maximum Gasteiger partial charge on any atom is 0.339 e. The van der Waals surface area contributed by atoms with Crippen molar-refractivity contribution in [3.63, 3.8) is 0 Å². The Labute approximate surface area is 245 Å². The van der Waals surface area contributed by atoms with Gasteiger partial charge in [-0.25, -0.2) is 9.18 Å². The molecule has 0 spiro atoms. The topological polar surface area (TPSA) is 112 Å². The van der Waals surface area contributed by atoms with Gasteiger partial charge in [-0.05, 0) is 94.3 Å². The van der Waals surface area contributed by atoms with Crippen molar-refractivity contribution in [1.29, 1.82) is 0 Å². The lowest BCUT2D eigenvalue weighted by molar-refractivity contribution is 0.0599. The standard InChI is InChI=1S/C28H23BrClFN2O6S/c1-32-27(34)24-20-12-19(14-3-4-14)16(9-23(20)39-26(24)15-5-7-17(31)8-6-15)13-33(40(36)37)18-10-21(28(35)38-2)25(29)22(30)11-18/h5-12,14H,3-4,13H2,1-2H3,(H,32,34)(H,36,37)/p-1. The third-order valence-corrected chi connectivity index (χ3v) is 8.81. The van der Waals surface area contributed by atoms with Gasteiger partial charge < -0.3 is 19.0 Å². The van der Waals surface area contributed by atoms with Crippen LogP contribution in [0.2, 0.25) is 5.02 Å². The van der Waals surface area contributed by atoms with Crippen molar-refractivity contribution >= 4 is 67.3 Å². The van der Waals surface area contributed by atoms with E-state index in [0.717, 1.165) is 22.7 Å². The fraction of sp³-hybridized carbons (Fsp3) is 0.214. The highest BCUT2D eigenvalue weighted by atomic mass is 79.9. The third kappa shape index (κ3) is 5.38. The molecular weight excluding hydrogens is 627 g/mol. The van der Waals surface area contributed by atoms with Crippen molar-refractivity contribution in [2.24, 2.45) is 0 Å². The SMILES string of the molecule is CNC(=O)c1c(-c2ccc(F)cc2)oc2cc(CN(c3cc(Cl)c(Br)c(C(=O)OC)c3)S(=O)[O-])c(C3CC3)cc12. The predicted octanol–water partition coefficient (Wildman–Crippen LogP) is 6.48. The van der Waals surface area contributed by atoms with E-state index in [4.69, 9.17) is 20.8 Å². The number of amides is 1. The number of ether oxygens (including phenoxy) is 1. The number of carbonyl (C=O) groups excluding carboxylic acids is 2. The van der Waals surface area contributed by atoms with Gasteiger partial charge >= 0.3 is 5.97 Å². The monoisotopic (exact) mass is 647 g/mol. The molecule has 1 fully saturated rings. The number of halogens is 3. The predicted molar refractivity (Wildman–Crippen MR) is 153 cm³/mol. The van der Waals surface area contributed by atoms with E-state index in [9.17, 15) is 22.7 Å². The Bertz CT molecular complexity index is 1670. The summed E-state index contributed by atoms with van der Waals surface area (Å²) in [7, 11) is 2.73. The summed E-state index contributed by atoms with van der Waals surface area (Å²) >= 11 is 6.83. The molecule has 5 rings (SSSR count). The summed E-state index contributed by atoms with van der Waals surface area (Å²) in [4.78, 5) is 25.3. The van der Waals surface area contributed by atoms with E-state index < -0.39 is 23.1 Å². The number of fused-ring (bicyclic) bond motifs is 1. The number of hydrogen-bond acceptors (Lipinski definition) is 6. The zero-order chi connectivity index (χ0) is 28.7. The van der Waals surface area contributed by atoms with E-state index in [1.54, 1.807) is 6.07 Å². The molecule has 1 N–H and O–H groups in total. The Morgan fingerprint density at radius 3 is 2.52 bits per heavy atom. The molecule has 0 radical (unpaired) electrons. The minimum absolute atomic E-state index is 0.0727. The van der Waals surface area contributed by atoms with Crippen molar-refractivity contribution in [1.82, 2.24) is 5.32 Å². The molecule has 1 amide bonds. The molecule has 0 saturated heterocycles. The van der Waals surface area contributed by atoms with Crippen LogP contribution in [0.25, 0.3) is 22.3 Å². The zero-order valence-electron chi connectivity index (χ0n) is 21.3. The first-order chi connectivity index (χ1) is 19.1. The van der Waals surface area contributed by atoms with Crippen LogP contribution < -0.4 is 9.62 Å². The second-order valence-corrected chi connectivity index (χ2v) is 11.3. The third-order valence-electron chi connectivity index (χ3n) is 6.73. The normalized spacial score (nSPS) is 13.8. The van der Waals surface area contributed by atoms with E-state index >= 15 is 0 Å². The van der Waals surface area contributed by atoms with Gasteiger partial charge in [0.15, 0.2) is 0 Å². The molecule has 1 unspecified atom stereocenters. The van der Waals surface area contributed by atoms with Crippen LogP contribution in [0.1, 0.15) is 50.6 Å². The summed E-state index contributed by atoms with van der Waals surface area (Å²) in [6.07, 6.45) is 1.82. The van der Waals surface area contributed by atoms with Crippen molar-refractivity contribution in [2.45, 2.75) is 25.3 Å². The lowest BCUT2D eigenvalue weighted by Gasteiger charge is -2.28. The quantitative estimate of drug-likeness (QED) is 0.173. The number of rotatable bonds is 8. The summed E-state index contributed by atoms with van der Waals surface area (Å²) in [5.41, 5.74) is 3.00. The Balaban J connectivity index is 1.65. The Kier molecular flexibility index (Phi) is 8.01. The highest BCUT2D eigenvalue weighted by Crippen LogP contribution is 2.45. The number of esters is 1. The Morgan fingerprint density at radius 2 is 1.93 bits per heavy atom. The number of carbonyl (C=O) groups is 2. The van der Waals surface area contributed by atoms with E-state index in [1.807, 2.05) is 6.07 Å². The van der Waals surface area contributed by atoms with Gasteiger partial charge in [0.1, 0.15) is 17.2 Å². The van der Waals surface area contributed by atoms with Crippen LogP contribution in [0, 0.1) is 5.82 Å². The molecule has 3 aromatic carbocycles. The highest BCUT2D eigenvalue weighted by Gasteiger charge is 2.30. The minimum Gasteiger partial charge on any atom is -0.755 e. The fourth-order valence-corrected chi connectivity index (χ4v) is 5.76. The maximum atomic E-state index is 13.6. The average Bonchev–Trinajstić information content (AvgIpc) is 3.72. The van der Waals surface area contributed by atoms with Crippen molar-refractivity contribution in [3.05, 3.63) is 86.1 Å². The average molecular weight is 649 g/mol. The van der Waals surface area contributed by atoms with Crippen molar-refractivity contribution in [2.75, 3.05) is 18.5 Å². The first-order valence-electron chi connectivity index (χ1n) is 12.1. The van der Waals surface area contributed by atoms with Crippen LogP contribution >= 0.6 is 27.5 Å². The fourth-order valence-electron chi connectivity index (χ4n) is 4.63. The van der Waals surface area contributed by atoms with Gasteiger partial charge in [-0.2, -0.15) is 0 Å². The summed E-state index contributed by atoms with van der Waals surface area (Å²) in [6.45, 7) is -0.0850. The number of methoxy groups -OCH3 is 1. The maximum absolute atomic E-state index is 13.6. The number of anilines is 1. The van der Waals surface area contributed by atoms with Gasteiger partial charge in [0.2, 0.25) is 0 Å². The van der Waals surface area contributed by atoms with E-state index in [2.05, 4.69) is 21.2 Å². The van der Waals surface area contributed by atoms with Crippen molar-refractivity contribution in [3.8, 4) is 11.3 Å². The van der Waals surface area contributed by atoms with Crippen LogP contribution in [-0.4, -0.2) is 34.8 Å². The zero-order valence-corrected chi connectivity index (χ0v) is 24.4. The van der Waals surface area contributed by atoms with Gasteiger partial charge in [0.05, 0.1) is 40.0 Å². The van der Waals surface area contributed by atoms with Crippen LogP contribution in [0.4, 0.5) is 10.1 Å². The van der Waals surface area contributed by atoms with Gasteiger partial charge in [0.25, 0.3) is 5.91 Å². The summed E-state index contributed by atoms with van der Waals surface area (Å²) in [5, 5.41) is 3.34. The molecule has 0 bridgehead atoms. The number of hydrogen-bond donors (Lipinski definition) is 1. The van der Waals surface area contributed by atoms with Crippen molar-refractivity contribution < 1.29 is 31.9 Å². The number of nitrogens with one attached hydrogen (secondary N) is 1. The van der Waals surface area contributed by atoms with Crippen LogP contribution in [0.5, 0.6) is 0 Å². The first-order valence-corrected chi connectivity index (χ1v) is 14.3. The van der Waals surface area contributed by atoms with E-state index in [1.165, 1.54) is 50.6 Å². The van der Waals surface area contributed by atoms with E-state index in [-0.39, 0.29) is 44.9 Å². The molecule has 1 heterocycles. The number of benzene rings is 3. The van der Waals surface area contributed by atoms with Gasteiger partial charge in [-0.15, -0.1) is 0 Å². The smallest absolute Gasteiger partial charge is 0.339 e. The van der Waals surface area contributed by atoms with Crippen LogP contribution in [-0.2, 0) is 22.5 Å². The molecule has 208 valence electrons. The molecule has 1 saturated carbocycles. The number of nitrogens with zero attached hydrogens (tertiary/aromatic N) is 1. The lowest BCUT2D eigenvalue weighted by atomic mass is 9.97. The molecule has 40 heavy (non-hydrogen) atoms.